The van der Waals surface area contributed by atoms with Crippen LogP contribution in [0.15, 0.2) is 48.5 Å². The van der Waals surface area contributed by atoms with Crippen LogP contribution >= 0.6 is 0 Å². The molecule has 2 aromatic rings. The molecule has 0 saturated carbocycles. The van der Waals surface area contributed by atoms with Crippen LogP contribution in [0.2, 0.25) is 0 Å². The maximum absolute atomic E-state index is 13.7. The van der Waals surface area contributed by atoms with Crippen LogP contribution in [0.5, 0.6) is 5.75 Å². The number of aromatic hydroxyl groups is 1. The molecule has 4 unspecified atom stereocenters. The Bertz CT molecular complexity index is 1120. The lowest BCUT2D eigenvalue weighted by Crippen LogP contribution is -2.58. The Hall–Kier alpha value is -3.39. The Morgan fingerprint density at radius 3 is 2.12 bits per heavy atom. The summed E-state index contributed by atoms with van der Waals surface area (Å²) < 4.78 is 0. The number of carbonyl (C=O) groups is 3. The van der Waals surface area contributed by atoms with Crippen molar-refractivity contribution in [2.45, 2.75) is 44.3 Å². The lowest BCUT2D eigenvalue weighted by atomic mass is 9.76. The Morgan fingerprint density at radius 2 is 1.62 bits per heavy atom. The maximum atomic E-state index is 13.7. The van der Waals surface area contributed by atoms with Gasteiger partial charge in [-0.25, -0.2) is 0 Å². The van der Waals surface area contributed by atoms with Crippen molar-refractivity contribution in [1.29, 1.82) is 0 Å². The smallest absolute Gasteiger partial charge is 0.325 e. The van der Waals surface area contributed by atoms with Crippen molar-refractivity contribution in [1.82, 2.24) is 10.2 Å². The molecule has 180 valence electrons. The van der Waals surface area contributed by atoms with E-state index in [2.05, 4.69) is 5.32 Å². The predicted molar refractivity (Wildman–Crippen MR) is 127 cm³/mol. The van der Waals surface area contributed by atoms with E-state index in [0.717, 1.165) is 11.3 Å². The Balaban J connectivity index is 1.85. The molecule has 8 heteroatoms. The molecule has 2 fully saturated rings. The van der Waals surface area contributed by atoms with E-state index in [1.807, 2.05) is 43.3 Å². The fraction of sp³-hybridized carbons (Fsp3) is 0.423. The monoisotopic (exact) mass is 465 g/mol. The van der Waals surface area contributed by atoms with Crippen LogP contribution in [0, 0.1) is 11.8 Å². The molecule has 2 aromatic carbocycles. The number of carboxylic acid groups (broad SMARTS) is 1. The lowest BCUT2D eigenvalue weighted by Gasteiger charge is -2.35. The molecule has 2 heterocycles. The summed E-state index contributed by atoms with van der Waals surface area (Å²) in [5.41, 5.74) is -0.0900. The summed E-state index contributed by atoms with van der Waals surface area (Å²) in [5.74, 6) is -3.85. The van der Waals surface area contributed by atoms with Crippen molar-refractivity contribution in [3.63, 3.8) is 0 Å². The van der Waals surface area contributed by atoms with Gasteiger partial charge >= 0.3 is 5.97 Å². The highest BCUT2D eigenvalue weighted by atomic mass is 16.4. The molecule has 2 amide bonds. The average molecular weight is 466 g/mol. The van der Waals surface area contributed by atoms with Gasteiger partial charge in [0.1, 0.15) is 11.3 Å². The number of hydrogen-bond acceptors (Lipinski definition) is 6. The number of fused-ring (bicyclic) bond motifs is 1. The van der Waals surface area contributed by atoms with E-state index in [-0.39, 0.29) is 18.1 Å². The summed E-state index contributed by atoms with van der Waals surface area (Å²) in [6.07, 6.45) is -0.00688. The molecule has 3 N–H and O–H groups in total. The number of phenols is 1. The van der Waals surface area contributed by atoms with Crippen LogP contribution in [0.3, 0.4) is 0 Å². The van der Waals surface area contributed by atoms with Crippen LogP contribution in [-0.4, -0.2) is 58.1 Å². The zero-order chi connectivity index (χ0) is 25.0. The second-order valence-electron chi connectivity index (χ2n) is 10.4. The summed E-state index contributed by atoms with van der Waals surface area (Å²) in [5, 5.41) is 23.4. The second-order valence-corrected chi connectivity index (χ2v) is 10.4. The third-order valence-corrected chi connectivity index (χ3v) is 6.89. The number of hydrogen-bond donors (Lipinski definition) is 3. The van der Waals surface area contributed by atoms with Gasteiger partial charge in [0.2, 0.25) is 11.8 Å². The average Bonchev–Trinajstić information content (AvgIpc) is 3.24. The Morgan fingerprint density at radius 1 is 1.03 bits per heavy atom. The van der Waals surface area contributed by atoms with Gasteiger partial charge in [-0.2, -0.15) is 0 Å². The molecule has 4 atom stereocenters. The van der Waals surface area contributed by atoms with E-state index in [1.165, 1.54) is 17.0 Å². The first-order valence-corrected chi connectivity index (χ1v) is 11.3. The van der Waals surface area contributed by atoms with Gasteiger partial charge in [-0.3, -0.25) is 24.6 Å². The molecule has 0 spiro atoms. The van der Waals surface area contributed by atoms with E-state index < -0.39 is 40.8 Å². The van der Waals surface area contributed by atoms with Gasteiger partial charge in [0, 0.05) is 37.8 Å². The lowest BCUT2D eigenvalue weighted by molar-refractivity contribution is -0.153. The summed E-state index contributed by atoms with van der Waals surface area (Å²) in [6.45, 7) is 5.34. The van der Waals surface area contributed by atoms with E-state index in [9.17, 15) is 24.6 Å². The van der Waals surface area contributed by atoms with Gasteiger partial charge < -0.3 is 15.1 Å². The molecule has 34 heavy (non-hydrogen) atoms. The number of amides is 2. The molecular formula is C26H31N3O5. The molecule has 0 radical (unpaired) electrons. The van der Waals surface area contributed by atoms with E-state index >= 15 is 0 Å². The summed E-state index contributed by atoms with van der Waals surface area (Å²) >= 11 is 0. The topological polar surface area (TPSA) is 110 Å². The third kappa shape index (κ3) is 3.72. The zero-order valence-corrected chi connectivity index (χ0v) is 20.1. The summed E-state index contributed by atoms with van der Waals surface area (Å²) in [6, 6.07) is 13.2. The molecule has 2 saturated heterocycles. The minimum Gasteiger partial charge on any atom is -0.508 e. The molecule has 0 bridgehead atoms. The number of anilines is 1. The van der Waals surface area contributed by atoms with Crippen LogP contribution in [0.4, 0.5) is 5.69 Å². The van der Waals surface area contributed by atoms with Gasteiger partial charge in [-0.15, -0.1) is 0 Å². The van der Waals surface area contributed by atoms with Gasteiger partial charge in [0.05, 0.1) is 11.8 Å². The van der Waals surface area contributed by atoms with Gasteiger partial charge in [-0.05, 0) is 56.2 Å². The number of rotatable bonds is 5. The van der Waals surface area contributed by atoms with Crippen molar-refractivity contribution < 1.29 is 24.6 Å². The first-order valence-electron chi connectivity index (χ1n) is 11.3. The fourth-order valence-electron chi connectivity index (χ4n) is 5.30. The normalized spacial score (nSPS) is 26.6. The Labute approximate surface area is 199 Å². The van der Waals surface area contributed by atoms with E-state index in [4.69, 9.17) is 0 Å². The molecule has 8 nitrogen and oxygen atoms in total. The zero-order valence-electron chi connectivity index (χ0n) is 20.1. The van der Waals surface area contributed by atoms with Gasteiger partial charge in [-0.1, -0.05) is 24.3 Å². The maximum Gasteiger partial charge on any atom is 0.325 e. The standard InChI is InChI=1S/C26H31N3O5/c1-25(2,3)29-22(31)19-20(23(29)32)26(24(33)34,14-15-6-12-18(30)13-7-15)27-21(19)16-8-10-17(11-9-16)28(4)5/h6-13,19-21,27,30H,14H2,1-5H3,(H,33,34). The highest BCUT2D eigenvalue weighted by molar-refractivity contribution is 6.10. The van der Waals surface area contributed by atoms with Crippen molar-refractivity contribution in [3.05, 3.63) is 59.7 Å². The molecule has 0 aliphatic carbocycles. The minimum absolute atomic E-state index is 0.00688. The first-order chi connectivity index (χ1) is 15.9. The highest BCUT2D eigenvalue weighted by Gasteiger charge is 2.69. The number of phenolic OH excluding ortho intramolecular Hbond substituents is 1. The predicted octanol–water partition coefficient (Wildman–Crippen LogP) is 2.57. The van der Waals surface area contributed by atoms with Crippen molar-refractivity contribution in [2.75, 3.05) is 19.0 Å². The van der Waals surface area contributed by atoms with Crippen molar-refractivity contribution in [2.24, 2.45) is 11.8 Å². The highest BCUT2D eigenvalue weighted by Crippen LogP contribution is 2.51. The molecule has 2 aliphatic heterocycles. The number of imide groups is 1. The fourth-order valence-corrected chi connectivity index (χ4v) is 5.30. The van der Waals surface area contributed by atoms with Crippen LogP contribution in [0.1, 0.15) is 37.9 Å². The van der Waals surface area contributed by atoms with E-state index in [1.54, 1.807) is 32.9 Å². The molecule has 0 aromatic heterocycles. The van der Waals surface area contributed by atoms with Crippen molar-refractivity contribution in [3.8, 4) is 5.75 Å². The SMILES string of the molecule is CN(C)c1ccc(C2NC(Cc3ccc(O)cc3)(C(=O)O)C3C(=O)N(C(C)(C)C)C(=O)C23)cc1. The van der Waals surface area contributed by atoms with Crippen molar-refractivity contribution >= 4 is 23.5 Å². The first kappa shape index (κ1) is 23.8. The molecular weight excluding hydrogens is 434 g/mol. The van der Waals surface area contributed by atoms with Gasteiger partial charge in [0.25, 0.3) is 0 Å². The third-order valence-electron chi connectivity index (χ3n) is 6.89. The number of nitrogens with one attached hydrogen (secondary N) is 1. The van der Waals surface area contributed by atoms with Crippen LogP contribution in [0.25, 0.3) is 0 Å². The summed E-state index contributed by atoms with van der Waals surface area (Å²) in [7, 11) is 3.85. The quantitative estimate of drug-likeness (QED) is 0.582. The number of carbonyl (C=O) groups excluding carboxylic acids is 2. The minimum atomic E-state index is -1.68. The molecule has 2 aliphatic rings. The van der Waals surface area contributed by atoms with Gasteiger partial charge in [0.15, 0.2) is 0 Å². The molecule has 4 rings (SSSR count). The number of carboxylic acids is 1. The Kier molecular flexibility index (Phi) is 5.68. The summed E-state index contributed by atoms with van der Waals surface area (Å²) in [4.78, 5) is 43.4. The van der Waals surface area contributed by atoms with Crippen LogP contribution < -0.4 is 10.2 Å². The largest absolute Gasteiger partial charge is 0.508 e. The number of nitrogens with zero attached hydrogens (tertiary/aromatic N) is 2. The number of aliphatic carboxylic acids is 1. The van der Waals surface area contributed by atoms with E-state index in [0.29, 0.717) is 5.56 Å². The van der Waals surface area contributed by atoms with Crippen LogP contribution in [-0.2, 0) is 20.8 Å². The number of likely N-dealkylation sites (tertiary alicyclic amines) is 1. The number of benzene rings is 2. The second kappa shape index (κ2) is 8.13.